The summed E-state index contributed by atoms with van der Waals surface area (Å²) >= 11 is 0. The van der Waals surface area contributed by atoms with E-state index < -0.39 is 5.97 Å². The van der Waals surface area contributed by atoms with E-state index in [1.807, 2.05) is 0 Å². The van der Waals surface area contributed by atoms with Crippen LogP contribution in [0, 0.1) is 0 Å². The highest BCUT2D eigenvalue weighted by Gasteiger charge is 2.20. The lowest BCUT2D eigenvalue weighted by Gasteiger charge is -1.99. The number of methoxy groups -OCH3 is 1. The molecule has 16 heavy (non-hydrogen) atoms. The van der Waals surface area contributed by atoms with Gasteiger partial charge < -0.3 is 14.2 Å². The van der Waals surface area contributed by atoms with Crippen LogP contribution in [0.4, 0.5) is 0 Å². The number of aromatic nitrogens is 2. The second kappa shape index (κ2) is 4.01. The van der Waals surface area contributed by atoms with Gasteiger partial charge in [0.05, 0.1) is 13.3 Å². The molecule has 0 aromatic carbocycles. The van der Waals surface area contributed by atoms with E-state index in [9.17, 15) is 9.59 Å². The van der Waals surface area contributed by atoms with E-state index in [4.69, 9.17) is 0 Å². The molecule has 0 radical (unpaired) electrons. The first-order valence-corrected chi connectivity index (χ1v) is 4.42. The van der Waals surface area contributed by atoms with Crippen molar-refractivity contribution < 1.29 is 18.8 Å². The maximum atomic E-state index is 11.4. The number of aromatic amines is 1. The van der Waals surface area contributed by atoms with Crippen molar-refractivity contribution >= 4 is 12.3 Å². The predicted molar refractivity (Wildman–Crippen MR) is 53.0 cm³/mol. The SMILES string of the molecule is COC(=O)c1[nH]cc(C=O)c1-c1cnoc1. The maximum Gasteiger partial charge on any atom is 0.355 e. The lowest BCUT2D eigenvalue weighted by atomic mass is 10.1. The minimum atomic E-state index is -0.552. The topological polar surface area (TPSA) is 85.2 Å². The average molecular weight is 220 g/mol. The fraction of sp³-hybridized carbons (Fsp3) is 0.100. The quantitative estimate of drug-likeness (QED) is 0.621. The van der Waals surface area contributed by atoms with Crippen LogP contribution in [-0.2, 0) is 4.74 Å². The van der Waals surface area contributed by atoms with Gasteiger partial charge in [-0.15, -0.1) is 0 Å². The first kappa shape index (κ1) is 10.2. The number of rotatable bonds is 3. The van der Waals surface area contributed by atoms with E-state index in [1.54, 1.807) is 0 Å². The first-order chi connectivity index (χ1) is 7.77. The van der Waals surface area contributed by atoms with Crippen LogP contribution in [0.25, 0.3) is 11.1 Å². The zero-order valence-corrected chi connectivity index (χ0v) is 8.39. The number of H-pyrrole nitrogens is 1. The molecule has 0 bridgehead atoms. The number of nitrogens with zero attached hydrogens (tertiary/aromatic N) is 1. The monoisotopic (exact) mass is 220 g/mol. The summed E-state index contributed by atoms with van der Waals surface area (Å²) in [5.74, 6) is -0.552. The largest absolute Gasteiger partial charge is 0.464 e. The van der Waals surface area contributed by atoms with Crippen molar-refractivity contribution in [1.29, 1.82) is 0 Å². The van der Waals surface area contributed by atoms with Gasteiger partial charge in [0.2, 0.25) is 0 Å². The molecule has 82 valence electrons. The molecule has 0 aliphatic heterocycles. The second-order valence-corrected chi connectivity index (χ2v) is 3.02. The van der Waals surface area contributed by atoms with Crippen LogP contribution in [0.15, 0.2) is 23.2 Å². The van der Waals surface area contributed by atoms with Crippen LogP contribution in [-0.4, -0.2) is 29.5 Å². The number of hydrogen-bond acceptors (Lipinski definition) is 5. The van der Waals surface area contributed by atoms with E-state index in [2.05, 4.69) is 19.4 Å². The highest BCUT2D eigenvalue weighted by atomic mass is 16.5. The number of aldehydes is 1. The fourth-order valence-corrected chi connectivity index (χ4v) is 1.43. The van der Waals surface area contributed by atoms with Crippen molar-refractivity contribution in [3.63, 3.8) is 0 Å². The molecule has 0 saturated heterocycles. The van der Waals surface area contributed by atoms with Gasteiger partial charge in [0.25, 0.3) is 0 Å². The Morgan fingerprint density at radius 1 is 1.62 bits per heavy atom. The minimum absolute atomic E-state index is 0.202. The van der Waals surface area contributed by atoms with Gasteiger partial charge in [0.15, 0.2) is 6.29 Å². The van der Waals surface area contributed by atoms with E-state index in [0.717, 1.165) is 0 Å². The molecule has 2 aromatic heterocycles. The van der Waals surface area contributed by atoms with Gasteiger partial charge in [-0.2, -0.15) is 0 Å². The van der Waals surface area contributed by atoms with Gasteiger partial charge in [-0.1, -0.05) is 5.16 Å². The Morgan fingerprint density at radius 3 is 3.00 bits per heavy atom. The third-order valence-electron chi connectivity index (χ3n) is 2.15. The molecular weight excluding hydrogens is 212 g/mol. The molecule has 0 spiro atoms. The summed E-state index contributed by atoms with van der Waals surface area (Å²) in [6.45, 7) is 0. The summed E-state index contributed by atoms with van der Waals surface area (Å²) in [5.41, 5.74) is 1.53. The van der Waals surface area contributed by atoms with Crippen LogP contribution in [0.3, 0.4) is 0 Å². The van der Waals surface area contributed by atoms with Crippen LogP contribution < -0.4 is 0 Å². The molecule has 0 saturated carbocycles. The maximum absolute atomic E-state index is 11.4. The Labute approximate surface area is 90.2 Å². The molecule has 1 N–H and O–H groups in total. The highest BCUT2D eigenvalue weighted by molar-refractivity contribution is 6.01. The van der Waals surface area contributed by atoms with E-state index in [1.165, 1.54) is 25.8 Å². The van der Waals surface area contributed by atoms with Crippen molar-refractivity contribution in [2.24, 2.45) is 0 Å². The second-order valence-electron chi connectivity index (χ2n) is 3.02. The number of esters is 1. The molecule has 2 aromatic rings. The molecule has 0 aliphatic carbocycles. The minimum Gasteiger partial charge on any atom is -0.464 e. The van der Waals surface area contributed by atoms with E-state index in [0.29, 0.717) is 23.0 Å². The number of carbonyl (C=O) groups is 2. The van der Waals surface area contributed by atoms with Crippen molar-refractivity contribution in [3.8, 4) is 11.1 Å². The van der Waals surface area contributed by atoms with Gasteiger partial charge in [-0.3, -0.25) is 4.79 Å². The summed E-state index contributed by atoms with van der Waals surface area (Å²) in [6, 6.07) is 0. The Kier molecular flexibility index (Phi) is 2.55. The van der Waals surface area contributed by atoms with Gasteiger partial charge in [0, 0.05) is 22.9 Å². The third-order valence-corrected chi connectivity index (χ3v) is 2.15. The zero-order chi connectivity index (χ0) is 11.5. The number of nitrogens with one attached hydrogen (secondary N) is 1. The van der Waals surface area contributed by atoms with Crippen molar-refractivity contribution in [2.45, 2.75) is 0 Å². The smallest absolute Gasteiger partial charge is 0.355 e. The molecule has 0 atom stereocenters. The first-order valence-electron chi connectivity index (χ1n) is 4.42. The zero-order valence-electron chi connectivity index (χ0n) is 8.39. The van der Waals surface area contributed by atoms with Gasteiger partial charge >= 0.3 is 5.97 Å². The molecule has 0 amide bonds. The molecule has 0 aliphatic rings. The van der Waals surface area contributed by atoms with Crippen molar-refractivity contribution in [3.05, 3.63) is 29.9 Å². The fourth-order valence-electron chi connectivity index (χ4n) is 1.43. The van der Waals surface area contributed by atoms with Crippen LogP contribution in [0.2, 0.25) is 0 Å². The van der Waals surface area contributed by atoms with Crippen LogP contribution in [0.5, 0.6) is 0 Å². The predicted octanol–water partition coefficient (Wildman–Crippen LogP) is 1.27. The molecule has 0 fully saturated rings. The number of carbonyl (C=O) groups excluding carboxylic acids is 2. The normalized spacial score (nSPS) is 10.1. The Bertz CT molecular complexity index is 513. The van der Waals surface area contributed by atoms with Crippen molar-refractivity contribution in [2.75, 3.05) is 7.11 Å². The summed E-state index contributed by atoms with van der Waals surface area (Å²) < 4.78 is 9.27. The average Bonchev–Trinajstić information content (AvgIpc) is 2.95. The highest BCUT2D eigenvalue weighted by Crippen LogP contribution is 2.26. The van der Waals surface area contributed by atoms with Crippen LogP contribution >= 0.6 is 0 Å². The molecule has 2 rings (SSSR count). The molecule has 0 unspecified atom stereocenters. The number of ether oxygens (including phenoxy) is 1. The number of hydrogen-bond donors (Lipinski definition) is 1. The standard InChI is InChI=1S/C10H8N2O4/c1-15-10(14)9-8(6(4-13)2-11-9)7-3-12-16-5-7/h2-5,11H,1H3. The van der Waals surface area contributed by atoms with Gasteiger partial charge in [0.1, 0.15) is 12.0 Å². The summed E-state index contributed by atoms with van der Waals surface area (Å²) in [4.78, 5) is 25.0. The molecule has 6 nitrogen and oxygen atoms in total. The Hall–Kier alpha value is -2.37. The lowest BCUT2D eigenvalue weighted by molar-refractivity contribution is 0.0595. The molecule has 6 heteroatoms. The van der Waals surface area contributed by atoms with E-state index >= 15 is 0 Å². The van der Waals surface area contributed by atoms with Crippen molar-refractivity contribution in [1.82, 2.24) is 10.1 Å². The third kappa shape index (κ3) is 1.50. The molecular formula is C10H8N2O4. The van der Waals surface area contributed by atoms with Crippen LogP contribution in [0.1, 0.15) is 20.8 Å². The Morgan fingerprint density at radius 2 is 2.44 bits per heavy atom. The van der Waals surface area contributed by atoms with Gasteiger partial charge in [-0.05, 0) is 0 Å². The Balaban J connectivity index is 2.60. The molecule has 2 heterocycles. The van der Waals surface area contributed by atoms with E-state index in [-0.39, 0.29) is 5.69 Å². The lowest BCUT2D eigenvalue weighted by Crippen LogP contribution is -2.03. The summed E-state index contributed by atoms with van der Waals surface area (Å²) in [6.07, 6.45) is 4.85. The van der Waals surface area contributed by atoms with Gasteiger partial charge in [-0.25, -0.2) is 4.79 Å². The summed E-state index contributed by atoms with van der Waals surface area (Å²) in [7, 11) is 1.27. The summed E-state index contributed by atoms with van der Waals surface area (Å²) in [5, 5.41) is 3.52.